The van der Waals surface area contributed by atoms with Gasteiger partial charge in [0.2, 0.25) is 0 Å². The Balaban J connectivity index is 1.86. The fourth-order valence-corrected chi connectivity index (χ4v) is 1.87. The molecule has 18 heavy (non-hydrogen) atoms. The van der Waals surface area contributed by atoms with Gasteiger partial charge in [-0.2, -0.15) is 5.10 Å². The third-order valence-corrected chi connectivity index (χ3v) is 3.14. The Labute approximate surface area is 107 Å². The van der Waals surface area contributed by atoms with E-state index >= 15 is 0 Å². The van der Waals surface area contributed by atoms with Crippen LogP contribution in [0.4, 0.5) is 5.69 Å². The number of ether oxygens (including phenoxy) is 1. The van der Waals surface area contributed by atoms with E-state index in [1.165, 1.54) is 23.9 Å². The van der Waals surface area contributed by atoms with E-state index in [9.17, 15) is 4.79 Å². The number of rotatable bonds is 7. The molecule has 0 radical (unpaired) electrons. The Morgan fingerprint density at radius 1 is 1.50 bits per heavy atom. The van der Waals surface area contributed by atoms with Crippen LogP contribution in [-0.4, -0.2) is 29.0 Å². The van der Waals surface area contributed by atoms with Crippen molar-refractivity contribution < 1.29 is 4.74 Å². The maximum absolute atomic E-state index is 11.8. The lowest BCUT2D eigenvalue weighted by Gasteiger charge is -2.27. The maximum Gasteiger partial charge on any atom is 0.268 e. The topological polar surface area (TPSA) is 56.1 Å². The molecule has 0 bridgehead atoms. The normalized spacial score (nSPS) is 15.4. The minimum Gasteiger partial charge on any atom is -0.381 e. The molecule has 1 heterocycles. The molecular formula is C13H21N3O2. The van der Waals surface area contributed by atoms with Gasteiger partial charge in [-0.15, -0.1) is 0 Å². The van der Waals surface area contributed by atoms with Crippen LogP contribution in [0.2, 0.25) is 0 Å². The molecule has 0 spiro atoms. The predicted molar refractivity (Wildman–Crippen MR) is 70.9 cm³/mol. The molecule has 100 valence electrons. The summed E-state index contributed by atoms with van der Waals surface area (Å²) in [5, 5.41) is 7.46. The molecule has 5 nitrogen and oxygen atoms in total. The lowest BCUT2D eigenvalue weighted by atomic mass is 9.93. The number of nitrogens with one attached hydrogen (secondary N) is 1. The van der Waals surface area contributed by atoms with E-state index in [4.69, 9.17) is 4.74 Å². The van der Waals surface area contributed by atoms with Crippen LogP contribution in [0.5, 0.6) is 0 Å². The van der Waals surface area contributed by atoms with E-state index in [1.54, 1.807) is 12.3 Å². The third kappa shape index (κ3) is 3.57. The van der Waals surface area contributed by atoms with Crippen LogP contribution >= 0.6 is 0 Å². The van der Waals surface area contributed by atoms with Gasteiger partial charge in [-0.25, -0.2) is 4.68 Å². The van der Waals surface area contributed by atoms with Gasteiger partial charge in [0.25, 0.3) is 5.56 Å². The third-order valence-electron chi connectivity index (χ3n) is 3.14. The minimum absolute atomic E-state index is 0.0700. The quantitative estimate of drug-likeness (QED) is 0.748. The summed E-state index contributed by atoms with van der Waals surface area (Å²) in [6.45, 7) is 3.85. The molecule has 1 aromatic rings. The number of anilines is 1. The molecule has 0 aromatic carbocycles. The highest BCUT2D eigenvalue weighted by Gasteiger charge is 2.17. The number of nitrogens with zero attached hydrogens (tertiary/aromatic N) is 2. The first kappa shape index (κ1) is 13.1. The highest BCUT2D eigenvalue weighted by Crippen LogP contribution is 2.21. The van der Waals surface area contributed by atoms with Gasteiger partial charge in [-0.3, -0.25) is 4.79 Å². The van der Waals surface area contributed by atoms with Gasteiger partial charge in [0.05, 0.1) is 25.0 Å². The van der Waals surface area contributed by atoms with E-state index < -0.39 is 0 Å². The Morgan fingerprint density at radius 2 is 2.33 bits per heavy atom. The molecule has 1 fully saturated rings. The molecular weight excluding hydrogens is 230 g/mol. The summed E-state index contributed by atoms with van der Waals surface area (Å²) in [7, 11) is 0. The number of hydrogen-bond acceptors (Lipinski definition) is 4. The van der Waals surface area contributed by atoms with Crippen molar-refractivity contribution in [3.63, 3.8) is 0 Å². The van der Waals surface area contributed by atoms with Gasteiger partial charge >= 0.3 is 0 Å². The second-order valence-corrected chi connectivity index (χ2v) is 4.69. The van der Waals surface area contributed by atoms with Crippen LogP contribution in [0.3, 0.4) is 0 Å². The Morgan fingerprint density at radius 3 is 2.94 bits per heavy atom. The van der Waals surface area contributed by atoms with Crippen molar-refractivity contribution in [2.24, 2.45) is 0 Å². The second kappa shape index (κ2) is 6.54. The molecule has 1 N–H and O–H groups in total. The van der Waals surface area contributed by atoms with E-state index in [0.29, 0.717) is 19.2 Å². The van der Waals surface area contributed by atoms with Crippen molar-refractivity contribution in [3.8, 4) is 0 Å². The average molecular weight is 251 g/mol. The Bertz CT molecular complexity index is 426. The molecule has 2 rings (SSSR count). The average Bonchev–Trinajstić information content (AvgIpc) is 2.31. The van der Waals surface area contributed by atoms with Crippen molar-refractivity contribution in [2.45, 2.75) is 45.2 Å². The lowest BCUT2D eigenvalue weighted by molar-refractivity contribution is 0.123. The van der Waals surface area contributed by atoms with E-state index in [0.717, 1.165) is 18.7 Å². The molecule has 1 saturated carbocycles. The summed E-state index contributed by atoms with van der Waals surface area (Å²) >= 11 is 0. The zero-order valence-electron chi connectivity index (χ0n) is 10.9. The summed E-state index contributed by atoms with van der Waals surface area (Å²) in [4.78, 5) is 11.8. The standard InChI is InChI=1S/C13H21N3O2/c1-2-7-18-8-6-16-13(17)9-12(10-14-16)15-11-4-3-5-11/h9-11,15H,2-8H2,1H3. The van der Waals surface area contributed by atoms with Crippen LogP contribution < -0.4 is 10.9 Å². The lowest BCUT2D eigenvalue weighted by Crippen LogP contribution is -2.29. The summed E-state index contributed by atoms with van der Waals surface area (Å²) < 4.78 is 6.79. The van der Waals surface area contributed by atoms with Crippen LogP contribution in [0, 0.1) is 0 Å². The zero-order chi connectivity index (χ0) is 12.8. The van der Waals surface area contributed by atoms with E-state index in [2.05, 4.69) is 17.3 Å². The van der Waals surface area contributed by atoms with Gasteiger partial charge in [-0.1, -0.05) is 6.92 Å². The highest BCUT2D eigenvalue weighted by atomic mass is 16.5. The fourth-order valence-electron chi connectivity index (χ4n) is 1.87. The van der Waals surface area contributed by atoms with Crippen LogP contribution in [0.15, 0.2) is 17.1 Å². The molecule has 0 aliphatic heterocycles. The van der Waals surface area contributed by atoms with Gasteiger partial charge in [-0.05, 0) is 25.7 Å². The summed E-state index contributed by atoms with van der Waals surface area (Å²) in [5.41, 5.74) is 0.759. The number of hydrogen-bond donors (Lipinski definition) is 1. The molecule has 0 amide bonds. The molecule has 1 aliphatic carbocycles. The van der Waals surface area contributed by atoms with Crippen LogP contribution in [-0.2, 0) is 11.3 Å². The van der Waals surface area contributed by atoms with E-state index in [1.807, 2.05) is 0 Å². The van der Waals surface area contributed by atoms with Gasteiger partial charge in [0.15, 0.2) is 0 Å². The van der Waals surface area contributed by atoms with Gasteiger partial charge < -0.3 is 10.1 Å². The van der Waals surface area contributed by atoms with Crippen LogP contribution in [0.25, 0.3) is 0 Å². The van der Waals surface area contributed by atoms with Crippen molar-refractivity contribution in [3.05, 3.63) is 22.6 Å². The summed E-state index contributed by atoms with van der Waals surface area (Å²) in [6, 6.07) is 2.14. The summed E-state index contributed by atoms with van der Waals surface area (Å²) in [6.07, 6.45) is 6.37. The van der Waals surface area contributed by atoms with Crippen molar-refractivity contribution in [1.29, 1.82) is 0 Å². The molecule has 1 aromatic heterocycles. The Kier molecular flexibility index (Phi) is 4.75. The highest BCUT2D eigenvalue weighted by molar-refractivity contribution is 5.40. The first-order valence-corrected chi connectivity index (χ1v) is 6.71. The van der Waals surface area contributed by atoms with Gasteiger partial charge in [0, 0.05) is 18.7 Å². The molecule has 5 heteroatoms. The first-order valence-electron chi connectivity index (χ1n) is 6.71. The SMILES string of the molecule is CCCOCCn1ncc(NC2CCC2)cc1=O. The molecule has 0 atom stereocenters. The smallest absolute Gasteiger partial charge is 0.268 e. The van der Waals surface area contributed by atoms with Crippen molar-refractivity contribution in [1.82, 2.24) is 9.78 Å². The van der Waals surface area contributed by atoms with Crippen molar-refractivity contribution in [2.75, 3.05) is 18.5 Å². The van der Waals surface area contributed by atoms with Gasteiger partial charge in [0.1, 0.15) is 0 Å². The predicted octanol–water partition coefficient (Wildman–Crippen LogP) is 1.63. The van der Waals surface area contributed by atoms with E-state index in [-0.39, 0.29) is 5.56 Å². The largest absolute Gasteiger partial charge is 0.381 e. The Hall–Kier alpha value is -1.36. The first-order chi connectivity index (χ1) is 8.79. The zero-order valence-corrected chi connectivity index (χ0v) is 10.9. The minimum atomic E-state index is -0.0700. The molecule has 0 unspecified atom stereocenters. The second-order valence-electron chi connectivity index (χ2n) is 4.69. The van der Waals surface area contributed by atoms with Crippen LogP contribution in [0.1, 0.15) is 32.6 Å². The molecule has 0 saturated heterocycles. The summed E-state index contributed by atoms with van der Waals surface area (Å²) in [5.74, 6) is 0. The molecule has 1 aliphatic rings. The number of aromatic nitrogens is 2. The maximum atomic E-state index is 11.8. The van der Waals surface area contributed by atoms with Crippen molar-refractivity contribution >= 4 is 5.69 Å². The fraction of sp³-hybridized carbons (Fsp3) is 0.692. The monoisotopic (exact) mass is 251 g/mol.